The van der Waals surface area contributed by atoms with Crippen LogP contribution in [0.15, 0.2) is 24.4 Å². The maximum absolute atomic E-state index is 4.62. The van der Waals surface area contributed by atoms with E-state index in [0.29, 0.717) is 17.3 Å². The topological polar surface area (TPSA) is 3.24 Å². The summed E-state index contributed by atoms with van der Waals surface area (Å²) in [4.78, 5) is 2.56. The standard InChI is InChI=1S/C27H51N/c1-20(2)22(18-24(4,5)6)27(12,13)26(10,11)19-23(25(7,8)9)21(3)28-16-14-15-17-28/h22-23H,1,3,14-19H2,2,4-13H3. The predicted molar refractivity (Wildman–Crippen MR) is 127 cm³/mol. The van der Waals surface area contributed by atoms with E-state index in [1.807, 2.05) is 0 Å². The van der Waals surface area contributed by atoms with Crippen LogP contribution >= 0.6 is 0 Å². The summed E-state index contributed by atoms with van der Waals surface area (Å²) in [5, 5.41) is 0. The van der Waals surface area contributed by atoms with E-state index in [1.165, 1.54) is 50.0 Å². The second-order valence-corrected chi connectivity index (χ2v) is 13.1. The van der Waals surface area contributed by atoms with Crippen LogP contribution in [0.5, 0.6) is 0 Å². The van der Waals surface area contributed by atoms with Gasteiger partial charge in [0.15, 0.2) is 0 Å². The van der Waals surface area contributed by atoms with Crippen LogP contribution in [0.3, 0.4) is 0 Å². The summed E-state index contributed by atoms with van der Waals surface area (Å²) in [6, 6.07) is 0. The number of allylic oxidation sites excluding steroid dienone is 2. The first-order valence-electron chi connectivity index (χ1n) is 11.5. The van der Waals surface area contributed by atoms with Crippen molar-refractivity contribution < 1.29 is 0 Å². The van der Waals surface area contributed by atoms with Gasteiger partial charge in [-0.1, -0.05) is 88.0 Å². The molecule has 0 spiro atoms. The molecule has 0 radical (unpaired) electrons. The Labute approximate surface area is 178 Å². The Morgan fingerprint density at radius 2 is 1.25 bits per heavy atom. The van der Waals surface area contributed by atoms with Crippen molar-refractivity contribution in [2.24, 2.45) is 33.5 Å². The molecule has 0 aliphatic carbocycles. The predicted octanol–water partition coefficient (Wildman–Crippen LogP) is 8.33. The van der Waals surface area contributed by atoms with E-state index in [0.717, 1.165) is 0 Å². The van der Waals surface area contributed by atoms with E-state index in [9.17, 15) is 0 Å². The fraction of sp³-hybridized carbons (Fsp3) is 0.852. The highest BCUT2D eigenvalue weighted by molar-refractivity contribution is 5.12. The molecule has 1 nitrogen and oxygen atoms in total. The molecule has 0 aromatic rings. The van der Waals surface area contributed by atoms with Gasteiger partial charge in [-0.25, -0.2) is 0 Å². The summed E-state index contributed by atoms with van der Waals surface area (Å²) in [6.07, 6.45) is 4.99. The van der Waals surface area contributed by atoms with Crippen molar-refractivity contribution in [1.82, 2.24) is 4.90 Å². The molecule has 2 atom stereocenters. The molecule has 1 fully saturated rings. The van der Waals surface area contributed by atoms with Gasteiger partial charge in [0, 0.05) is 24.7 Å². The lowest BCUT2D eigenvalue weighted by atomic mass is 9.53. The molecule has 28 heavy (non-hydrogen) atoms. The lowest BCUT2D eigenvalue weighted by Crippen LogP contribution is -2.44. The molecule has 0 aromatic heterocycles. The van der Waals surface area contributed by atoms with E-state index in [-0.39, 0.29) is 16.2 Å². The summed E-state index contributed by atoms with van der Waals surface area (Å²) in [7, 11) is 0. The Morgan fingerprint density at radius 3 is 1.61 bits per heavy atom. The highest BCUT2D eigenvalue weighted by Crippen LogP contribution is 2.55. The zero-order chi connectivity index (χ0) is 22.1. The first-order valence-corrected chi connectivity index (χ1v) is 11.5. The Hall–Kier alpha value is -0.720. The van der Waals surface area contributed by atoms with Crippen LogP contribution in [0, 0.1) is 33.5 Å². The van der Waals surface area contributed by atoms with Crippen molar-refractivity contribution in [3.63, 3.8) is 0 Å². The van der Waals surface area contributed by atoms with Crippen molar-refractivity contribution in [2.75, 3.05) is 13.1 Å². The molecule has 1 heteroatoms. The second kappa shape index (κ2) is 8.57. The van der Waals surface area contributed by atoms with Crippen LogP contribution in [-0.2, 0) is 0 Å². The SMILES string of the molecule is C=C(C)C(CC(C)(C)C)C(C)(C)C(C)(C)CC(C(=C)N1CCCC1)C(C)(C)C. The van der Waals surface area contributed by atoms with E-state index in [4.69, 9.17) is 0 Å². The minimum atomic E-state index is 0.168. The summed E-state index contributed by atoms with van der Waals surface area (Å²) >= 11 is 0. The molecule has 1 aliphatic heterocycles. The average Bonchev–Trinajstić information content (AvgIpc) is 3.01. The van der Waals surface area contributed by atoms with Crippen molar-refractivity contribution in [1.29, 1.82) is 0 Å². The number of rotatable bonds is 8. The van der Waals surface area contributed by atoms with E-state index in [1.54, 1.807) is 0 Å². The molecule has 0 amide bonds. The van der Waals surface area contributed by atoms with Gasteiger partial charge in [0.25, 0.3) is 0 Å². The highest BCUT2D eigenvalue weighted by Gasteiger charge is 2.47. The molecule has 0 bridgehead atoms. The summed E-state index contributed by atoms with van der Waals surface area (Å²) in [5.41, 5.74) is 3.58. The fourth-order valence-corrected chi connectivity index (χ4v) is 5.05. The highest BCUT2D eigenvalue weighted by atomic mass is 15.2. The number of likely N-dealkylation sites (tertiary alicyclic amines) is 1. The maximum atomic E-state index is 4.62. The second-order valence-electron chi connectivity index (χ2n) is 13.1. The Kier molecular flexibility index (Phi) is 7.74. The van der Waals surface area contributed by atoms with Crippen molar-refractivity contribution in [3.8, 4) is 0 Å². The summed E-state index contributed by atoms with van der Waals surface area (Å²) < 4.78 is 0. The van der Waals surface area contributed by atoms with Crippen molar-refractivity contribution in [3.05, 3.63) is 24.4 Å². The molecule has 164 valence electrons. The summed E-state index contributed by atoms with van der Waals surface area (Å²) in [5.74, 6) is 1.02. The van der Waals surface area contributed by atoms with E-state index >= 15 is 0 Å². The van der Waals surface area contributed by atoms with Crippen LogP contribution in [0.1, 0.15) is 102 Å². The monoisotopic (exact) mass is 389 g/mol. The van der Waals surface area contributed by atoms with Gasteiger partial charge < -0.3 is 4.90 Å². The van der Waals surface area contributed by atoms with E-state index < -0.39 is 0 Å². The van der Waals surface area contributed by atoms with Gasteiger partial charge in [0.2, 0.25) is 0 Å². The molecule has 0 saturated carbocycles. The Morgan fingerprint density at radius 1 is 0.786 bits per heavy atom. The van der Waals surface area contributed by atoms with Crippen LogP contribution in [0.2, 0.25) is 0 Å². The lowest BCUT2D eigenvalue weighted by Gasteiger charge is -2.52. The molecule has 0 N–H and O–H groups in total. The third-order valence-electron chi connectivity index (χ3n) is 7.70. The van der Waals surface area contributed by atoms with Gasteiger partial charge in [-0.3, -0.25) is 0 Å². The number of hydrogen-bond acceptors (Lipinski definition) is 1. The first kappa shape index (κ1) is 25.3. The molecular weight excluding hydrogens is 338 g/mol. The molecule has 1 heterocycles. The molecular formula is C27H51N. The fourth-order valence-electron chi connectivity index (χ4n) is 5.05. The number of nitrogens with zero attached hydrogens (tertiary/aromatic N) is 1. The maximum Gasteiger partial charge on any atom is 0.0175 e. The quantitative estimate of drug-likeness (QED) is 0.377. The van der Waals surface area contributed by atoms with Crippen LogP contribution in [-0.4, -0.2) is 18.0 Å². The average molecular weight is 390 g/mol. The minimum absolute atomic E-state index is 0.168. The van der Waals surface area contributed by atoms with Gasteiger partial charge in [0.1, 0.15) is 0 Å². The molecule has 1 rings (SSSR count). The zero-order valence-corrected chi connectivity index (χ0v) is 21.3. The van der Waals surface area contributed by atoms with Gasteiger partial charge in [-0.2, -0.15) is 0 Å². The van der Waals surface area contributed by atoms with Gasteiger partial charge in [-0.15, -0.1) is 0 Å². The third-order valence-corrected chi connectivity index (χ3v) is 7.70. The normalized spacial score (nSPS) is 18.9. The molecule has 1 saturated heterocycles. The van der Waals surface area contributed by atoms with Gasteiger partial charge in [0.05, 0.1) is 0 Å². The Bertz CT molecular complexity index is 544. The van der Waals surface area contributed by atoms with E-state index in [2.05, 4.69) is 94.2 Å². The zero-order valence-electron chi connectivity index (χ0n) is 21.3. The molecule has 2 unspecified atom stereocenters. The van der Waals surface area contributed by atoms with Crippen LogP contribution in [0.4, 0.5) is 0 Å². The van der Waals surface area contributed by atoms with Gasteiger partial charge >= 0.3 is 0 Å². The number of hydrogen-bond donors (Lipinski definition) is 0. The Balaban J connectivity index is 3.20. The van der Waals surface area contributed by atoms with Gasteiger partial charge in [-0.05, 0) is 60.2 Å². The van der Waals surface area contributed by atoms with Crippen molar-refractivity contribution >= 4 is 0 Å². The van der Waals surface area contributed by atoms with Crippen molar-refractivity contribution in [2.45, 2.75) is 102 Å². The van der Waals surface area contributed by atoms with Crippen LogP contribution < -0.4 is 0 Å². The summed E-state index contributed by atoms with van der Waals surface area (Å²) in [6.45, 7) is 37.9. The lowest BCUT2D eigenvalue weighted by molar-refractivity contribution is 0.00267. The molecule has 1 aliphatic rings. The first-order chi connectivity index (χ1) is 12.4. The van der Waals surface area contributed by atoms with Crippen LogP contribution in [0.25, 0.3) is 0 Å². The minimum Gasteiger partial charge on any atom is -0.375 e. The largest absolute Gasteiger partial charge is 0.375 e. The smallest absolute Gasteiger partial charge is 0.0175 e. The third kappa shape index (κ3) is 6.14. The molecule has 0 aromatic carbocycles.